The number of aromatic nitrogens is 6. The molecule has 0 saturated carbocycles. The smallest absolute Gasteiger partial charge is 0.249 e. The van der Waals surface area contributed by atoms with Crippen LogP contribution in [-0.2, 0) is 0 Å². The Balaban J connectivity index is 1.18. The number of hydrogen-bond acceptors (Lipinski definition) is 12. The van der Waals surface area contributed by atoms with Crippen LogP contribution >= 0.6 is 31.9 Å². The third-order valence-corrected chi connectivity index (χ3v) is 15.3. The topological polar surface area (TPSA) is 141 Å². The number of halogens is 2. The minimum atomic E-state index is 0.348. The highest BCUT2D eigenvalue weighted by Crippen LogP contribution is 2.42. The van der Waals surface area contributed by atoms with E-state index in [1.807, 2.05) is 48.5 Å². The quantitative estimate of drug-likeness (QED) is 0.0387. The van der Waals surface area contributed by atoms with E-state index in [-0.39, 0.29) is 0 Å². The maximum atomic E-state index is 6.49. The molecule has 0 aliphatic carbocycles. The van der Waals surface area contributed by atoms with E-state index in [9.17, 15) is 0 Å². The molecule has 4 atom stereocenters. The van der Waals surface area contributed by atoms with Gasteiger partial charge in [-0.1, -0.05) is 132 Å². The van der Waals surface area contributed by atoms with Gasteiger partial charge in [0.1, 0.15) is 31.9 Å². The van der Waals surface area contributed by atoms with Gasteiger partial charge in [-0.15, -0.1) is 20.4 Å². The van der Waals surface area contributed by atoms with Gasteiger partial charge in [0.05, 0.1) is 48.9 Å². The second-order valence-corrected chi connectivity index (χ2v) is 20.8. The van der Waals surface area contributed by atoms with Crippen molar-refractivity contribution in [1.82, 2.24) is 30.4 Å². The zero-order chi connectivity index (χ0) is 51.2. The van der Waals surface area contributed by atoms with E-state index >= 15 is 0 Å². The molecule has 14 heteroatoms. The average molecular weight is 1120 g/mol. The third-order valence-electron chi connectivity index (χ3n) is 13.7. The normalized spacial score (nSPS) is 13.2. The van der Waals surface area contributed by atoms with Crippen molar-refractivity contribution in [2.24, 2.45) is 23.7 Å². The Morgan fingerprint density at radius 3 is 0.917 bits per heavy atom. The lowest BCUT2D eigenvalue weighted by molar-refractivity contribution is 0.220. The summed E-state index contributed by atoms with van der Waals surface area (Å²) in [6, 6.07) is 15.4. The second kappa shape index (κ2) is 29.8. The summed E-state index contributed by atoms with van der Waals surface area (Å²) in [6.07, 6.45) is 21.6. The van der Waals surface area contributed by atoms with Crippen LogP contribution in [0.5, 0.6) is 23.0 Å². The van der Waals surface area contributed by atoms with Gasteiger partial charge in [-0.05, 0) is 130 Å². The molecule has 0 bridgehead atoms. The van der Waals surface area contributed by atoms with Crippen LogP contribution in [0.2, 0.25) is 0 Å². The van der Waals surface area contributed by atoms with E-state index in [4.69, 9.17) is 37.7 Å². The predicted molar refractivity (Wildman–Crippen MR) is 296 cm³/mol. The summed E-state index contributed by atoms with van der Waals surface area (Å²) in [5.74, 6) is 6.07. The van der Waals surface area contributed by atoms with Crippen molar-refractivity contribution in [3.8, 4) is 80.2 Å². The maximum absolute atomic E-state index is 6.49. The second-order valence-electron chi connectivity index (χ2n) is 19.2. The molecule has 6 aromatic rings. The van der Waals surface area contributed by atoms with Crippen LogP contribution in [0, 0.1) is 23.7 Å². The van der Waals surface area contributed by atoms with Gasteiger partial charge in [0, 0.05) is 23.5 Å². The number of rotatable bonds is 33. The van der Waals surface area contributed by atoms with Crippen LogP contribution < -0.4 is 18.9 Å². The number of benzene rings is 2. The van der Waals surface area contributed by atoms with Crippen molar-refractivity contribution in [3.05, 3.63) is 69.9 Å². The molecular weight excluding hydrogens is 1040 g/mol. The molecule has 0 N–H and O–H groups in total. The fourth-order valence-electron chi connectivity index (χ4n) is 8.49. The molecule has 2 aromatic carbocycles. The maximum Gasteiger partial charge on any atom is 0.249 e. The Bertz CT molecular complexity index is 2260. The lowest BCUT2D eigenvalue weighted by Crippen LogP contribution is -2.13. The molecule has 4 unspecified atom stereocenters. The molecule has 4 heterocycles. The third kappa shape index (κ3) is 16.1. The predicted octanol–water partition coefficient (Wildman–Crippen LogP) is 17.5. The molecule has 0 radical (unpaired) electrons. The first-order valence-electron chi connectivity index (χ1n) is 26.9. The monoisotopic (exact) mass is 1110 g/mol. The van der Waals surface area contributed by atoms with E-state index < -0.39 is 0 Å². The Morgan fingerprint density at radius 2 is 0.681 bits per heavy atom. The molecule has 4 aromatic heterocycles. The van der Waals surface area contributed by atoms with E-state index in [0.29, 0.717) is 119 Å². The van der Waals surface area contributed by atoms with Crippen LogP contribution in [0.4, 0.5) is 0 Å². The van der Waals surface area contributed by atoms with Gasteiger partial charge in [-0.25, -0.2) is 0 Å². The average Bonchev–Trinajstić information content (AvgIpc) is 4.12. The van der Waals surface area contributed by atoms with Crippen LogP contribution in [0.3, 0.4) is 0 Å². The van der Waals surface area contributed by atoms with Gasteiger partial charge < -0.3 is 27.8 Å². The number of pyridine rings is 2. The summed E-state index contributed by atoms with van der Waals surface area (Å²) in [4.78, 5) is 9.47. The Labute approximate surface area is 445 Å². The van der Waals surface area contributed by atoms with Crippen LogP contribution in [0.25, 0.3) is 57.2 Å². The molecule has 0 fully saturated rings. The molecule has 6 rings (SSSR count). The fourth-order valence-corrected chi connectivity index (χ4v) is 9.41. The molecule has 0 amide bonds. The van der Waals surface area contributed by atoms with Gasteiger partial charge >= 0.3 is 0 Å². The molecule has 0 aliphatic heterocycles. The Morgan fingerprint density at radius 1 is 0.403 bits per heavy atom. The first-order chi connectivity index (χ1) is 35.1. The minimum Gasteiger partial charge on any atom is -0.492 e. The highest BCUT2D eigenvalue weighted by molar-refractivity contribution is 9.11. The number of unbranched alkanes of at least 4 members (excludes halogenated alkanes) is 4. The zero-order valence-corrected chi connectivity index (χ0v) is 47.3. The van der Waals surface area contributed by atoms with E-state index in [0.717, 1.165) is 97.1 Å². The summed E-state index contributed by atoms with van der Waals surface area (Å²) in [6.45, 7) is 20.3. The zero-order valence-electron chi connectivity index (χ0n) is 44.1. The Kier molecular flexibility index (Phi) is 23.4. The number of nitrogens with zero attached hydrogens (tertiary/aromatic N) is 6. The molecule has 0 spiro atoms. The summed E-state index contributed by atoms with van der Waals surface area (Å²) < 4.78 is 40.2. The van der Waals surface area contributed by atoms with Crippen molar-refractivity contribution >= 4 is 31.9 Å². The van der Waals surface area contributed by atoms with E-state index in [2.05, 4.69) is 108 Å². The van der Waals surface area contributed by atoms with Gasteiger partial charge in [0.15, 0.2) is 0 Å². The van der Waals surface area contributed by atoms with Crippen molar-refractivity contribution in [2.45, 2.75) is 158 Å². The van der Waals surface area contributed by atoms with E-state index in [1.54, 1.807) is 12.4 Å². The summed E-state index contributed by atoms with van der Waals surface area (Å²) in [5, 5.41) is 17.8. The molecule has 0 aliphatic rings. The Hall–Kier alpha value is -4.82. The summed E-state index contributed by atoms with van der Waals surface area (Å²) >= 11 is 7.63. The van der Waals surface area contributed by atoms with Crippen molar-refractivity contribution in [3.63, 3.8) is 0 Å². The minimum absolute atomic E-state index is 0.348. The largest absolute Gasteiger partial charge is 0.492 e. The lowest BCUT2D eigenvalue weighted by Gasteiger charge is -2.20. The van der Waals surface area contributed by atoms with Crippen molar-refractivity contribution in [2.75, 3.05) is 26.4 Å². The van der Waals surface area contributed by atoms with Crippen molar-refractivity contribution in [1.29, 1.82) is 0 Å². The molecule has 12 nitrogen and oxygen atoms in total. The highest BCUT2D eigenvalue weighted by atomic mass is 79.9. The van der Waals surface area contributed by atoms with Crippen molar-refractivity contribution < 1.29 is 27.8 Å². The summed E-state index contributed by atoms with van der Waals surface area (Å²) in [7, 11) is 0. The lowest BCUT2D eigenvalue weighted by atomic mass is 10.0. The first kappa shape index (κ1) is 56.5. The standard InChI is InChI=1S/C58H78Br2N6O6/c1-9-17-21-39(13-5)35-67-49-29-45(30-50(53(49)59)68-36-40(14-6)22-18-10-2)57-65-63-55(71-57)43-25-27-47(61-33-43)48-28-26-44(34-62-48)56-64-66-58(72-56)46-31-51(69-37-41(15-7)23-19-11-3)54(60)52(32-46)70-38-42(16-8)24-20-12-4/h25-34,39-42H,9-24,35-38H2,1-8H3. The number of hydrogen-bond donors (Lipinski definition) is 0. The van der Waals surface area contributed by atoms with Crippen LogP contribution in [-0.4, -0.2) is 56.8 Å². The number of ether oxygens (including phenoxy) is 4. The molecular formula is C58H78Br2N6O6. The van der Waals surface area contributed by atoms with E-state index in [1.165, 1.54) is 25.7 Å². The highest BCUT2D eigenvalue weighted by Gasteiger charge is 2.22. The van der Waals surface area contributed by atoms with Gasteiger partial charge in [-0.2, -0.15) is 0 Å². The van der Waals surface area contributed by atoms with Crippen LogP contribution in [0.15, 0.2) is 78.7 Å². The SMILES string of the molecule is CCCCC(CC)COc1cc(-c2nnc(-c3ccc(-c4ccc(-c5nnc(-c6cc(OCC(CC)CCCC)c(Br)c(OCC(CC)CCCC)c6)o5)cn4)nc3)o2)cc(OCC(CC)CCCC)c1Br. The van der Waals surface area contributed by atoms with Gasteiger partial charge in [0.2, 0.25) is 23.6 Å². The summed E-state index contributed by atoms with van der Waals surface area (Å²) in [5.41, 5.74) is 4.16. The van der Waals surface area contributed by atoms with Gasteiger partial charge in [0.25, 0.3) is 0 Å². The molecule has 72 heavy (non-hydrogen) atoms. The fraction of sp³-hybridized carbons (Fsp3) is 0.552. The van der Waals surface area contributed by atoms with Crippen LogP contribution in [0.1, 0.15) is 158 Å². The molecule has 390 valence electrons. The van der Waals surface area contributed by atoms with Gasteiger partial charge in [-0.3, -0.25) is 9.97 Å². The molecule has 0 saturated heterocycles. The first-order valence-corrected chi connectivity index (χ1v) is 28.5.